The summed E-state index contributed by atoms with van der Waals surface area (Å²) in [6.07, 6.45) is 1.13. The van der Waals surface area contributed by atoms with E-state index in [1.807, 2.05) is 6.92 Å². The van der Waals surface area contributed by atoms with Gasteiger partial charge in [-0.05, 0) is 18.6 Å². The Hall–Kier alpha value is -0.830. The third-order valence-electron chi connectivity index (χ3n) is 2.16. The summed E-state index contributed by atoms with van der Waals surface area (Å²) < 4.78 is 26.9. The molecule has 1 atom stereocenters. The number of halogens is 1. The van der Waals surface area contributed by atoms with Crippen molar-refractivity contribution in [2.24, 2.45) is 10.9 Å². The molecular formula is C9H14ClN3O3S2. The first-order valence-corrected chi connectivity index (χ1v) is 7.83. The van der Waals surface area contributed by atoms with Gasteiger partial charge >= 0.3 is 0 Å². The van der Waals surface area contributed by atoms with Crippen LogP contribution in [-0.2, 0) is 10.0 Å². The first kappa shape index (κ1) is 15.2. The molecule has 1 aromatic heterocycles. The molecule has 0 spiro atoms. The largest absolute Gasteiger partial charge is 0.409 e. The Morgan fingerprint density at radius 2 is 2.33 bits per heavy atom. The molecule has 9 heteroatoms. The number of nitrogens with one attached hydrogen (secondary N) is 1. The van der Waals surface area contributed by atoms with Gasteiger partial charge in [0.2, 0.25) is 0 Å². The Morgan fingerprint density at radius 3 is 2.78 bits per heavy atom. The van der Waals surface area contributed by atoms with E-state index < -0.39 is 16.1 Å². The highest BCUT2D eigenvalue weighted by atomic mass is 35.5. The van der Waals surface area contributed by atoms with Gasteiger partial charge in [0.1, 0.15) is 4.21 Å². The third-order valence-corrected chi connectivity index (χ3v) is 5.36. The fourth-order valence-corrected chi connectivity index (χ4v) is 4.06. The van der Waals surface area contributed by atoms with Crippen LogP contribution < -0.4 is 10.5 Å². The van der Waals surface area contributed by atoms with Crippen molar-refractivity contribution in [2.75, 3.05) is 0 Å². The molecule has 0 amide bonds. The van der Waals surface area contributed by atoms with Crippen molar-refractivity contribution in [3.63, 3.8) is 0 Å². The molecule has 0 bridgehead atoms. The molecule has 0 aliphatic heterocycles. The lowest BCUT2D eigenvalue weighted by Crippen LogP contribution is -2.44. The van der Waals surface area contributed by atoms with E-state index in [9.17, 15) is 8.42 Å². The number of nitrogens with zero attached hydrogens (tertiary/aromatic N) is 1. The Kier molecular flexibility index (Phi) is 5.39. The van der Waals surface area contributed by atoms with Gasteiger partial charge in [-0.2, -0.15) is 4.72 Å². The molecule has 0 fully saturated rings. The van der Waals surface area contributed by atoms with Gasteiger partial charge in [0.15, 0.2) is 5.84 Å². The van der Waals surface area contributed by atoms with Crippen molar-refractivity contribution in [3.05, 3.63) is 16.5 Å². The van der Waals surface area contributed by atoms with Gasteiger partial charge in [0.25, 0.3) is 10.0 Å². The molecule has 0 aromatic carbocycles. The summed E-state index contributed by atoms with van der Waals surface area (Å²) in [6, 6.07) is 2.18. The normalized spacial score (nSPS) is 14.7. The van der Waals surface area contributed by atoms with Crippen molar-refractivity contribution in [2.45, 2.75) is 30.0 Å². The molecular weight excluding hydrogens is 298 g/mol. The van der Waals surface area contributed by atoms with Crippen LogP contribution in [0.15, 0.2) is 21.5 Å². The number of thiophene rings is 1. The number of oxime groups is 1. The lowest BCUT2D eigenvalue weighted by molar-refractivity contribution is 0.315. The quantitative estimate of drug-likeness (QED) is 0.321. The maximum absolute atomic E-state index is 12.0. The monoisotopic (exact) mass is 311 g/mol. The van der Waals surface area contributed by atoms with Crippen LogP contribution in [0.1, 0.15) is 19.8 Å². The van der Waals surface area contributed by atoms with Gasteiger partial charge in [0.05, 0.1) is 10.4 Å². The predicted molar refractivity (Wildman–Crippen MR) is 71.8 cm³/mol. The standard InChI is InChI=1S/C9H14ClN3O3S2/c1-2-3-6(9(11)12-14)13-18(15,16)8-5-4-7(10)17-8/h4-6,13-14H,2-3H2,1H3,(H2,11,12). The molecule has 0 aliphatic carbocycles. The van der Waals surface area contributed by atoms with E-state index in [2.05, 4.69) is 9.88 Å². The van der Waals surface area contributed by atoms with Crippen LogP contribution >= 0.6 is 22.9 Å². The molecule has 1 heterocycles. The Morgan fingerprint density at radius 1 is 1.67 bits per heavy atom. The van der Waals surface area contributed by atoms with E-state index in [0.29, 0.717) is 17.2 Å². The van der Waals surface area contributed by atoms with Crippen molar-refractivity contribution in [1.82, 2.24) is 4.72 Å². The number of amidine groups is 1. The van der Waals surface area contributed by atoms with Crippen molar-refractivity contribution >= 4 is 38.8 Å². The van der Waals surface area contributed by atoms with E-state index >= 15 is 0 Å². The zero-order valence-corrected chi connectivity index (χ0v) is 12.0. The van der Waals surface area contributed by atoms with Crippen LogP contribution in [0.5, 0.6) is 0 Å². The van der Waals surface area contributed by atoms with Gasteiger partial charge in [-0.15, -0.1) is 11.3 Å². The van der Waals surface area contributed by atoms with Gasteiger partial charge in [-0.1, -0.05) is 30.1 Å². The van der Waals surface area contributed by atoms with Gasteiger partial charge in [-0.3, -0.25) is 0 Å². The van der Waals surface area contributed by atoms with Crippen LogP contribution in [0.2, 0.25) is 4.34 Å². The summed E-state index contributed by atoms with van der Waals surface area (Å²) in [7, 11) is -3.70. The highest BCUT2D eigenvalue weighted by molar-refractivity contribution is 7.91. The zero-order chi connectivity index (χ0) is 13.8. The maximum Gasteiger partial charge on any atom is 0.250 e. The van der Waals surface area contributed by atoms with E-state index in [0.717, 1.165) is 11.3 Å². The van der Waals surface area contributed by atoms with Crippen molar-refractivity contribution in [3.8, 4) is 0 Å². The minimum Gasteiger partial charge on any atom is -0.409 e. The smallest absolute Gasteiger partial charge is 0.250 e. The molecule has 18 heavy (non-hydrogen) atoms. The number of sulfonamides is 1. The predicted octanol–water partition coefficient (Wildman–Crippen LogP) is 1.59. The first-order valence-electron chi connectivity index (χ1n) is 5.15. The Bertz CT molecular complexity index is 527. The highest BCUT2D eigenvalue weighted by Crippen LogP contribution is 2.25. The molecule has 1 rings (SSSR count). The van der Waals surface area contributed by atoms with E-state index in [1.54, 1.807) is 0 Å². The zero-order valence-electron chi connectivity index (χ0n) is 9.63. The number of hydrogen-bond acceptors (Lipinski definition) is 5. The van der Waals surface area contributed by atoms with Crippen LogP contribution in [0.3, 0.4) is 0 Å². The highest BCUT2D eigenvalue weighted by Gasteiger charge is 2.23. The topological polar surface area (TPSA) is 105 Å². The summed E-state index contributed by atoms with van der Waals surface area (Å²) in [5.41, 5.74) is 5.44. The lowest BCUT2D eigenvalue weighted by atomic mass is 10.2. The van der Waals surface area contributed by atoms with Crippen molar-refractivity contribution in [1.29, 1.82) is 0 Å². The summed E-state index contributed by atoms with van der Waals surface area (Å²) in [5.74, 6) is -0.164. The molecule has 0 saturated heterocycles. The fraction of sp³-hybridized carbons (Fsp3) is 0.444. The molecule has 6 nitrogen and oxygen atoms in total. The average Bonchev–Trinajstić information content (AvgIpc) is 2.75. The van der Waals surface area contributed by atoms with E-state index in [4.69, 9.17) is 22.5 Å². The maximum atomic E-state index is 12.0. The molecule has 1 unspecified atom stereocenters. The summed E-state index contributed by atoms with van der Waals surface area (Å²) in [4.78, 5) is 0. The van der Waals surface area contributed by atoms with Crippen LogP contribution in [0, 0.1) is 0 Å². The second-order valence-electron chi connectivity index (χ2n) is 3.55. The van der Waals surface area contributed by atoms with Crippen LogP contribution in [0.25, 0.3) is 0 Å². The third kappa shape index (κ3) is 3.84. The van der Waals surface area contributed by atoms with Crippen LogP contribution in [0.4, 0.5) is 0 Å². The second kappa shape index (κ2) is 6.37. The van der Waals surface area contributed by atoms with E-state index in [1.165, 1.54) is 12.1 Å². The SMILES string of the molecule is CCCC(NS(=O)(=O)c1ccc(Cl)s1)/C(N)=N/O. The lowest BCUT2D eigenvalue weighted by Gasteiger charge is -2.15. The number of hydrogen-bond donors (Lipinski definition) is 3. The summed E-state index contributed by atoms with van der Waals surface area (Å²) >= 11 is 6.64. The van der Waals surface area contributed by atoms with Crippen LogP contribution in [-0.4, -0.2) is 25.5 Å². The van der Waals surface area contributed by atoms with Crippen molar-refractivity contribution < 1.29 is 13.6 Å². The Labute approximate surface area is 114 Å². The molecule has 102 valence electrons. The molecule has 0 radical (unpaired) electrons. The number of rotatable bonds is 6. The number of nitrogens with two attached hydrogens (primary N) is 1. The van der Waals surface area contributed by atoms with Gasteiger partial charge in [0, 0.05) is 0 Å². The first-order chi connectivity index (χ1) is 8.40. The molecule has 0 aliphatic rings. The average molecular weight is 312 g/mol. The molecule has 0 saturated carbocycles. The second-order valence-corrected chi connectivity index (χ2v) is 7.20. The minimum atomic E-state index is -3.70. The summed E-state index contributed by atoms with van der Waals surface area (Å²) in [6.45, 7) is 1.87. The molecule has 1 aromatic rings. The fourth-order valence-electron chi connectivity index (χ4n) is 1.31. The summed E-state index contributed by atoms with van der Waals surface area (Å²) in [5, 5.41) is 11.4. The minimum absolute atomic E-state index is 0.0966. The Balaban J connectivity index is 2.93. The van der Waals surface area contributed by atoms with E-state index in [-0.39, 0.29) is 10.0 Å². The van der Waals surface area contributed by atoms with Gasteiger partial charge < -0.3 is 10.9 Å². The molecule has 4 N–H and O–H groups in total. The van der Waals surface area contributed by atoms with Gasteiger partial charge in [-0.25, -0.2) is 8.42 Å².